The second-order valence-electron chi connectivity index (χ2n) is 4.27. The number of halogens is 1. The molecule has 0 aliphatic heterocycles. The molecule has 0 saturated heterocycles. The van der Waals surface area contributed by atoms with Crippen molar-refractivity contribution in [1.82, 2.24) is 0 Å². The summed E-state index contributed by atoms with van der Waals surface area (Å²) in [6.07, 6.45) is 0. The monoisotopic (exact) mass is 285 g/mol. The SMILES string of the molecule is COc1c(C)c(C)c(C(C)CN)c(C)c1Br. The highest BCUT2D eigenvalue weighted by Gasteiger charge is 2.19. The molecule has 0 radical (unpaired) electrons. The number of ether oxygens (including phenoxy) is 1. The van der Waals surface area contributed by atoms with E-state index < -0.39 is 0 Å². The first-order chi connectivity index (χ1) is 7.45. The minimum atomic E-state index is 0.376. The van der Waals surface area contributed by atoms with Crippen LogP contribution in [-0.4, -0.2) is 13.7 Å². The van der Waals surface area contributed by atoms with Crippen LogP contribution in [0, 0.1) is 20.8 Å². The summed E-state index contributed by atoms with van der Waals surface area (Å²) in [5.74, 6) is 1.31. The average molecular weight is 286 g/mol. The molecule has 0 bridgehead atoms. The summed E-state index contributed by atoms with van der Waals surface area (Å²) in [4.78, 5) is 0. The number of hydrogen-bond acceptors (Lipinski definition) is 2. The summed E-state index contributed by atoms with van der Waals surface area (Å²) >= 11 is 3.61. The number of nitrogens with two attached hydrogens (primary N) is 1. The Morgan fingerprint density at radius 2 is 1.75 bits per heavy atom. The van der Waals surface area contributed by atoms with Gasteiger partial charge in [0.2, 0.25) is 0 Å². The maximum atomic E-state index is 5.77. The number of benzene rings is 1. The van der Waals surface area contributed by atoms with Crippen molar-refractivity contribution in [2.24, 2.45) is 5.73 Å². The van der Waals surface area contributed by atoms with E-state index in [1.807, 2.05) is 0 Å². The minimum absolute atomic E-state index is 0.376. The van der Waals surface area contributed by atoms with Gasteiger partial charge in [-0.05, 0) is 71.4 Å². The van der Waals surface area contributed by atoms with Crippen LogP contribution in [0.15, 0.2) is 4.47 Å². The van der Waals surface area contributed by atoms with Crippen molar-refractivity contribution in [3.05, 3.63) is 26.7 Å². The lowest BCUT2D eigenvalue weighted by atomic mass is 9.89. The maximum Gasteiger partial charge on any atom is 0.136 e. The molecule has 1 aromatic rings. The summed E-state index contributed by atoms with van der Waals surface area (Å²) in [7, 11) is 1.71. The summed E-state index contributed by atoms with van der Waals surface area (Å²) in [5.41, 5.74) is 10.8. The second-order valence-corrected chi connectivity index (χ2v) is 5.07. The van der Waals surface area contributed by atoms with E-state index in [1.165, 1.54) is 22.3 Å². The zero-order chi connectivity index (χ0) is 12.5. The van der Waals surface area contributed by atoms with Crippen molar-refractivity contribution < 1.29 is 4.74 Å². The van der Waals surface area contributed by atoms with E-state index in [0.717, 1.165) is 10.2 Å². The summed E-state index contributed by atoms with van der Waals surface area (Å²) in [6.45, 7) is 9.16. The zero-order valence-corrected chi connectivity index (χ0v) is 12.2. The van der Waals surface area contributed by atoms with Gasteiger partial charge in [0, 0.05) is 0 Å². The van der Waals surface area contributed by atoms with Gasteiger partial charge in [0.05, 0.1) is 11.6 Å². The Balaban J connectivity index is 3.53. The van der Waals surface area contributed by atoms with Crippen LogP contribution >= 0.6 is 15.9 Å². The van der Waals surface area contributed by atoms with Gasteiger partial charge in [0.25, 0.3) is 0 Å². The Labute approximate surface area is 106 Å². The van der Waals surface area contributed by atoms with Crippen molar-refractivity contribution >= 4 is 15.9 Å². The molecule has 0 fully saturated rings. The number of rotatable bonds is 3. The molecule has 16 heavy (non-hydrogen) atoms. The molecule has 0 aliphatic carbocycles. The van der Waals surface area contributed by atoms with Crippen molar-refractivity contribution in [1.29, 1.82) is 0 Å². The van der Waals surface area contributed by atoms with Crippen LogP contribution in [0.25, 0.3) is 0 Å². The molecule has 90 valence electrons. The van der Waals surface area contributed by atoms with Gasteiger partial charge >= 0.3 is 0 Å². The fourth-order valence-corrected chi connectivity index (χ4v) is 2.88. The molecule has 2 nitrogen and oxygen atoms in total. The standard InChI is InChI=1S/C13H20BrNO/c1-7(6-15)11-8(2)9(3)13(16-5)12(14)10(11)4/h7H,6,15H2,1-5H3. The highest BCUT2D eigenvalue weighted by Crippen LogP contribution is 2.39. The van der Waals surface area contributed by atoms with Crippen LogP contribution in [0.4, 0.5) is 0 Å². The molecule has 1 unspecified atom stereocenters. The van der Waals surface area contributed by atoms with E-state index in [1.54, 1.807) is 7.11 Å². The van der Waals surface area contributed by atoms with Gasteiger partial charge in [0.1, 0.15) is 5.75 Å². The Hall–Kier alpha value is -0.540. The van der Waals surface area contributed by atoms with Crippen LogP contribution in [0.3, 0.4) is 0 Å². The van der Waals surface area contributed by atoms with E-state index in [9.17, 15) is 0 Å². The predicted molar refractivity (Wildman–Crippen MR) is 72.4 cm³/mol. The third kappa shape index (κ3) is 2.11. The van der Waals surface area contributed by atoms with E-state index in [0.29, 0.717) is 12.5 Å². The van der Waals surface area contributed by atoms with E-state index in [-0.39, 0.29) is 0 Å². The van der Waals surface area contributed by atoms with Crippen LogP contribution in [0.5, 0.6) is 5.75 Å². The summed E-state index contributed by atoms with van der Waals surface area (Å²) < 4.78 is 6.48. The van der Waals surface area contributed by atoms with Crippen LogP contribution in [-0.2, 0) is 0 Å². The van der Waals surface area contributed by atoms with Crippen LogP contribution in [0.2, 0.25) is 0 Å². The van der Waals surface area contributed by atoms with E-state index in [2.05, 4.69) is 43.6 Å². The van der Waals surface area contributed by atoms with Crippen molar-refractivity contribution in [3.8, 4) is 5.75 Å². The van der Waals surface area contributed by atoms with E-state index in [4.69, 9.17) is 10.5 Å². The molecule has 3 heteroatoms. The van der Waals surface area contributed by atoms with Gasteiger partial charge < -0.3 is 10.5 Å². The molecule has 0 spiro atoms. The quantitative estimate of drug-likeness (QED) is 0.923. The molecule has 1 atom stereocenters. The Bertz CT molecular complexity index is 372. The Morgan fingerprint density at radius 1 is 1.19 bits per heavy atom. The number of hydrogen-bond donors (Lipinski definition) is 1. The molecule has 0 aliphatic rings. The van der Waals surface area contributed by atoms with Crippen LogP contribution in [0.1, 0.15) is 35.1 Å². The van der Waals surface area contributed by atoms with Gasteiger partial charge in [-0.2, -0.15) is 0 Å². The number of methoxy groups -OCH3 is 1. The van der Waals surface area contributed by atoms with Crippen molar-refractivity contribution in [2.45, 2.75) is 33.6 Å². The lowest BCUT2D eigenvalue weighted by Gasteiger charge is -2.22. The van der Waals surface area contributed by atoms with E-state index >= 15 is 0 Å². The topological polar surface area (TPSA) is 35.2 Å². The molecule has 1 aromatic carbocycles. The normalized spacial score (nSPS) is 12.7. The minimum Gasteiger partial charge on any atom is -0.495 e. The molecular weight excluding hydrogens is 266 g/mol. The summed E-state index contributed by atoms with van der Waals surface area (Å²) in [6, 6.07) is 0. The molecule has 0 heterocycles. The summed E-state index contributed by atoms with van der Waals surface area (Å²) in [5, 5.41) is 0. The molecule has 0 saturated carbocycles. The molecule has 1 rings (SSSR count). The van der Waals surface area contributed by atoms with Gasteiger partial charge in [0.15, 0.2) is 0 Å². The molecule has 0 amide bonds. The lowest BCUT2D eigenvalue weighted by Crippen LogP contribution is -2.13. The highest BCUT2D eigenvalue weighted by atomic mass is 79.9. The second kappa shape index (κ2) is 5.19. The molecular formula is C13H20BrNO. The first-order valence-electron chi connectivity index (χ1n) is 5.48. The largest absolute Gasteiger partial charge is 0.495 e. The smallest absolute Gasteiger partial charge is 0.136 e. The van der Waals surface area contributed by atoms with Gasteiger partial charge in [-0.3, -0.25) is 0 Å². The van der Waals surface area contributed by atoms with Gasteiger partial charge in [-0.1, -0.05) is 6.92 Å². The fourth-order valence-electron chi connectivity index (χ4n) is 2.21. The van der Waals surface area contributed by atoms with Crippen LogP contribution < -0.4 is 10.5 Å². The van der Waals surface area contributed by atoms with Gasteiger partial charge in [-0.15, -0.1) is 0 Å². The average Bonchev–Trinajstić information content (AvgIpc) is 2.27. The zero-order valence-electron chi connectivity index (χ0n) is 10.6. The third-order valence-corrected chi connectivity index (χ3v) is 4.25. The fraction of sp³-hybridized carbons (Fsp3) is 0.538. The molecule has 2 N–H and O–H groups in total. The van der Waals surface area contributed by atoms with Crippen molar-refractivity contribution in [2.75, 3.05) is 13.7 Å². The van der Waals surface area contributed by atoms with Gasteiger partial charge in [-0.25, -0.2) is 0 Å². The maximum absolute atomic E-state index is 5.77. The predicted octanol–water partition coefficient (Wildman–Crippen LogP) is 3.45. The Morgan fingerprint density at radius 3 is 2.19 bits per heavy atom. The van der Waals surface area contributed by atoms with Crippen molar-refractivity contribution in [3.63, 3.8) is 0 Å². The highest BCUT2D eigenvalue weighted by molar-refractivity contribution is 9.10. The first-order valence-corrected chi connectivity index (χ1v) is 6.28. The first kappa shape index (κ1) is 13.5. The third-order valence-electron chi connectivity index (χ3n) is 3.29. The lowest BCUT2D eigenvalue weighted by molar-refractivity contribution is 0.407. The molecule has 0 aromatic heterocycles. The Kier molecular flexibility index (Phi) is 4.39.